The highest BCUT2D eigenvalue weighted by Crippen LogP contribution is 2.26. The van der Waals surface area contributed by atoms with Gasteiger partial charge in [-0.15, -0.1) is 0 Å². The lowest BCUT2D eigenvalue weighted by Gasteiger charge is -2.46. The molecule has 0 aromatic carbocycles. The van der Waals surface area contributed by atoms with Crippen molar-refractivity contribution in [2.45, 2.75) is 63.6 Å². The van der Waals surface area contributed by atoms with Gasteiger partial charge in [0.15, 0.2) is 0 Å². The van der Waals surface area contributed by atoms with Gasteiger partial charge in [-0.25, -0.2) is 5.01 Å². The van der Waals surface area contributed by atoms with Gasteiger partial charge in [0.1, 0.15) is 6.10 Å². The van der Waals surface area contributed by atoms with Crippen LogP contribution >= 0.6 is 0 Å². The summed E-state index contributed by atoms with van der Waals surface area (Å²) in [6.07, 6.45) is 7.01. The Labute approximate surface area is 150 Å². The van der Waals surface area contributed by atoms with Crippen LogP contribution in [0.25, 0.3) is 0 Å². The fourth-order valence-electron chi connectivity index (χ4n) is 4.53. The monoisotopic (exact) mass is 352 g/mol. The van der Waals surface area contributed by atoms with Crippen LogP contribution in [0.2, 0.25) is 0 Å². The zero-order valence-electron chi connectivity index (χ0n) is 15.4. The summed E-state index contributed by atoms with van der Waals surface area (Å²) >= 11 is 0. The van der Waals surface area contributed by atoms with Crippen molar-refractivity contribution in [2.24, 2.45) is 0 Å². The smallest absolute Gasteiger partial charge is 0.302 e. The number of esters is 1. The third kappa shape index (κ3) is 4.92. The molecule has 7 heteroatoms. The summed E-state index contributed by atoms with van der Waals surface area (Å²) in [6.45, 7) is 7.63. The number of amides is 1. The van der Waals surface area contributed by atoms with Gasteiger partial charge in [0.2, 0.25) is 6.41 Å². The standard InChI is InChI=1S/C18H32N4O3/c1-15(24)25-18-4-2-17(3-5-18)22(14-23)21-12-10-20(11-13-21)16-6-8-19-9-7-16/h14,16-19H,2-13H2,1H3. The Morgan fingerprint density at radius 1 is 1.04 bits per heavy atom. The van der Waals surface area contributed by atoms with Gasteiger partial charge in [-0.1, -0.05) is 0 Å². The summed E-state index contributed by atoms with van der Waals surface area (Å²) in [5.74, 6) is -0.204. The number of piperazine rings is 1. The average Bonchev–Trinajstić information content (AvgIpc) is 2.65. The van der Waals surface area contributed by atoms with E-state index in [1.54, 1.807) is 0 Å². The fourth-order valence-corrected chi connectivity index (χ4v) is 4.53. The zero-order chi connectivity index (χ0) is 17.6. The Bertz CT molecular complexity index is 440. The normalized spacial score (nSPS) is 30.0. The van der Waals surface area contributed by atoms with Gasteiger partial charge in [-0.3, -0.25) is 19.5 Å². The molecule has 2 heterocycles. The van der Waals surface area contributed by atoms with Crippen molar-refractivity contribution in [3.8, 4) is 0 Å². The largest absolute Gasteiger partial charge is 0.463 e. The lowest BCUT2D eigenvalue weighted by atomic mass is 9.92. The molecule has 1 aliphatic carbocycles. The van der Waals surface area contributed by atoms with Crippen molar-refractivity contribution in [3.05, 3.63) is 0 Å². The predicted octanol–water partition coefficient (Wildman–Crippen LogP) is 0.604. The molecule has 0 spiro atoms. The number of nitrogens with zero attached hydrogens (tertiary/aromatic N) is 3. The first-order valence-corrected chi connectivity index (χ1v) is 9.78. The number of ether oxygens (including phenoxy) is 1. The summed E-state index contributed by atoms with van der Waals surface area (Å²) in [6, 6.07) is 0.946. The predicted molar refractivity (Wildman–Crippen MR) is 94.8 cm³/mol. The number of piperidine rings is 1. The van der Waals surface area contributed by atoms with Crippen molar-refractivity contribution >= 4 is 12.4 Å². The minimum Gasteiger partial charge on any atom is -0.463 e. The maximum absolute atomic E-state index is 11.7. The zero-order valence-corrected chi connectivity index (χ0v) is 15.4. The third-order valence-corrected chi connectivity index (χ3v) is 5.90. The molecule has 1 saturated carbocycles. The minimum absolute atomic E-state index is 0.0269. The van der Waals surface area contributed by atoms with E-state index in [0.29, 0.717) is 6.04 Å². The van der Waals surface area contributed by atoms with Crippen LogP contribution in [0.4, 0.5) is 0 Å². The van der Waals surface area contributed by atoms with Gasteiger partial charge >= 0.3 is 5.97 Å². The average molecular weight is 352 g/mol. The quantitative estimate of drug-likeness (QED) is 0.578. The van der Waals surface area contributed by atoms with Crippen molar-refractivity contribution in [1.29, 1.82) is 0 Å². The van der Waals surface area contributed by atoms with E-state index in [1.165, 1.54) is 19.8 Å². The number of hydrazine groups is 1. The maximum atomic E-state index is 11.7. The molecule has 2 saturated heterocycles. The van der Waals surface area contributed by atoms with Crippen molar-refractivity contribution in [1.82, 2.24) is 20.2 Å². The molecular formula is C18H32N4O3. The molecule has 0 bridgehead atoms. The molecule has 0 aromatic rings. The van der Waals surface area contributed by atoms with Gasteiger partial charge in [-0.05, 0) is 51.6 Å². The van der Waals surface area contributed by atoms with E-state index in [9.17, 15) is 9.59 Å². The molecule has 0 unspecified atom stereocenters. The van der Waals surface area contributed by atoms with Crippen molar-refractivity contribution in [2.75, 3.05) is 39.3 Å². The Hall–Kier alpha value is -1.18. The van der Waals surface area contributed by atoms with E-state index in [-0.39, 0.29) is 18.1 Å². The molecule has 0 atom stereocenters. The Morgan fingerprint density at radius 2 is 1.68 bits per heavy atom. The van der Waals surface area contributed by atoms with Crippen LogP contribution < -0.4 is 5.32 Å². The summed E-state index contributed by atoms with van der Waals surface area (Å²) in [7, 11) is 0. The second-order valence-electron chi connectivity index (χ2n) is 7.50. The minimum atomic E-state index is -0.204. The first kappa shape index (κ1) is 18.6. The highest BCUT2D eigenvalue weighted by Gasteiger charge is 2.32. The molecule has 1 N–H and O–H groups in total. The number of nitrogens with one attached hydrogen (secondary N) is 1. The van der Waals surface area contributed by atoms with Crippen LogP contribution in [0, 0.1) is 0 Å². The molecule has 3 fully saturated rings. The molecule has 3 rings (SSSR count). The Morgan fingerprint density at radius 3 is 2.24 bits per heavy atom. The molecule has 25 heavy (non-hydrogen) atoms. The fraction of sp³-hybridized carbons (Fsp3) is 0.889. The SMILES string of the molecule is CC(=O)OC1CCC(N(C=O)N2CCN(C3CCNCC3)CC2)CC1. The van der Waals surface area contributed by atoms with Crippen LogP contribution in [0.15, 0.2) is 0 Å². The van der Waals surface area contributed by atoms with Gasteiger partial charge < -0.3 is 10.1 Å². The molecular weight excluding hydrogens is 320 g/mol. The number of hydrogen-bond donors (Lipinski definition) is 1. The third-order valence-electron chi connectivity index (χ3n) is 5.90. The molecule has 0 aromatic heterocycles. The number of hydrogen-bond acceptors (Lipinski definition) is 6. The number of carbonyl (C=O) groups excluding carboxylic acids is 2. The van der Waals surface area contributed by atoms with E-state index >= 15 is 0 Å². The summed E-state index contributed by atoms with van der Waals surface area (Å²) < 4.78 is 5.31. The highest BCUT2D eigenvalue weighted by molar-refractivity contribution is 5.66. The molecule has 1 amide bonds. The lowest BCUT2D eigenvalue weighted by molar-refractivity contribution is -0.156. The van der Waals surface area contributed by atoms with Crippen molar-refractivity contribution in [3.63, 3.8) is 0 Å². The number of rotatable bonds is 5. The molecule has 0 radical (unpaired) electrons. The van der Waals surface area contributed by atoms with E-state index in [1.807, 2.05) is 5.01 Å². The second-order valence-corrected chi connectivity index (χ2v) is 7.50. The summed E-state index contributed by atoms with van der Waals surface area (Å²) in [5, 5.41) is 7.57. The van der Waals surface area contributed by atoms with E-state index < -0.39 is 0 Å². The van der Waals surface area contributed by atoms with E-state index in [4.69, 9.17) is 4.74 Å². The van der Waals surface area contributed by atoms with Crippen LogP contribution in [0.3, 0.4) is 0 Å². The topological polar surface area (TPSA) is 65.1 Å². The number of carbonyl (C=O) groups is 2. The lowest BCUT2D eigenvalue weighted by Crippen LogP contribution is -2.59. The van der Waals surface area contributed by atoms with Crippen molar-refractivity contribution < 1.29 is 14.3 Å². The van der Waals surface area contributed by atoms with E-state index in [2.05, 4.69) is 15.2 Å². The van der Waals surface area contributed by atoms with Gasteiger partial charge in [-0.2, -0.15) is 0 Å². The van der Waals surface area contributed by atoms with Crippen LogP contribution in [-0.2, 0) is 14.3 Å². The van der Waals surface area contributed by atoms with Crippen LogP contribution in [0.5, 0.6) is 0 Å². The van der Waals surface area contributed by atoms with Gasteiger partial charge in [0, 0.05) is 45.2 Å². The molecule has 2 aliphatic heterocycles. The Balaban J connectivity index is 1.46. The van der Waals surface area contributed by atoms with Crippen LogP contribution in [0.1, 0.15) is 45.4 Å². The molecule has 142 valence electrons. The summed E-state index contributed by atoms with van der Waals surface area (Å²) in [5.41, 5.74) is 0. The first-order chi connectivity index (χ1) is 12.2. The maximum Gasteiger partial charge on any atom is 0.302 e. The van der Waals surface area contributed by atoms with Gasteiger partial charge in [0.25, 0.3) is 0 Å². The van der Waals surface area contributed by atoms with Gasteiger partial charge in [0.05, 0.1) is 0 Å². The molecule has 3 aliphatic rings. The Kier molecular flexibility index (Phi) is 6.67. The van der Waals surface area contributed by atoms with Crippen LogP contribution in [-0.4, -0.2) is 84.8 Å². The first-order valence-electron chi connectivity index (χ1n) is 9.78. The summed E-state index contributed by atoms with van der Waals surface area (Å²) in [4.78, 5) is 25.4. The molecule has 7 nitrogen and oxygen atoms in total. The second kappa shape index (κ2) is 8.96. The van der Waals surface area contributed by atoms with E-state index in [0.717, 1.165) is 71.4 Å². The highest BCUT2D eigenvalue weighted by atomic mass is 16.5.